The molecule has 3 rings (SSSR count). The highest BCUT2D eigenvalue weighted by atomic mass is 32.2. The van der Waals surface area contributed by atoms with Gasteiger partial charge in [-0.15, -0.1) is 4.40 Å². The van der Waals surface area contributed by atoms with Crippen LogP contribution in [0.2, 0.25) is 0 Å². The normalized spacial score (nSPS) is 20.9. The molecule has 2 aliphatic heterocycles. The van der Waals surface area contributed by atoms with Crippen molar-refractivity contribution < 1.29 is 22.7 Å². The Morgan fingerprint density at radius 2 is 2.00 bits per heavy atom. The summed E-state index contributed by atoms with van der Waals surface area (Å²) in [5.74, 6) is -0.572. The molecule has 0 unspecified atom stereocenters. The summed E-state index contributed by atoms with van der Waals surface area (Å²) >= 11 is 0. The molecule has 140 valence electrons. The number of hydrogen-bond donors (Lipinski definition) is 0. The lowest BCUT2D eigenvalue weighted by atomic mass is 10.0. The van der Waals surface area contributed by atoms with Gasteiger partial charge in [0, 0.05) is 26.2 Å². The number of rotatable bonds is 3. The molecule has 1 fully saturated rings. The average Bonchev–Trinajstić information content (AvgIpc) is 2.91. The first-order chi connectivity index (χ1) is 12.3. The number of carbonyl (C=O) groups excluding carboxylic acids is 2. The maximum absolute atomic E-state index is 12.5. The van der Waals surface area contributed by atoms with Crippen molar-refractivity contribution in [2.45, 2.75) is 30.2 Å². The predicted octanol–water partition coefficient (Wildman–Crippen LogP) is 0.621. The minimum absolute atomic E-state index is 0.149. The van der Waals surface area contributed by atoms with Crippen LogP contribution in [-0.2, 0) is 24.3 Å². The van der Waals surface area contributed by atoms with E-state index in [9.17, 15) is 18.0 Å². The van der Waals surface area contributed by atoms with E-state index < -0.39 is 22.0 Å². The van der Waals surface area contributed by atoms with E-state index in [2.05, 4.69) is 4.40 Å². The molecule has 1 aromatic rings. The van der Waals surface area contributed by atoms with Crippen molar-refractivity contribution in [3.63, 3.8) is 0 Å². The van der Waals surface area contributed by atoms with Gasteiger partial charge in [-0.2, -0.15) is 8.42 Å². The van der Waals surface area contributed by atoms with Crippen LogP contribution in [0.4, 0.5) is 0 Å². The second-order valence-electron chi connectivity index (χ2n) is 6.49. The van der Waals surface area contributed by atoms with Crippen molar-refractivity contribution in [1.82, 2.24) is 9.80 Å². The molecule has 1 saturated heterocycles. The maximum Gasteiger partial charge on any atom is 0.329 e. The lowest BCUT2D eigenvalue weighted by Gasteiger charge is -2.35. The van der Waals surface area contributed by atoms with E-state index in [4.69, 9.17) is 4.74 Å². The molecule has 0 spiro atoms. The standard InChI is InChI=1S/C17H21N3O5S/c1-19(2)15(21)11-25-17(22)13-8-5-6-10-20(13)16-12-7-3-4-9-14(12)26(23,24)18-16/h3-4,7,9,13H,5-6,8,10-11H2,1-2H3/t13-/m1/s1. The van der Waals surface area contributed by atoms with Crippen LogP contribution in [0, 0.1) is 0 Å². The van der Waals surface area contributed by atoms with Crippen LogP contribution >= 0.6 is 0 Å². The molecule has 0 saturated carbocycles. The van der Waals surface area contributed by atoms with Crippen LogP contribution in [-0.4, -0.2) is 69.2 Å². The summed E-state index contributed by atoms with van der Waals surface area (Å²) in [4.78, 5) is 27.4. The maximum atomic E-state index is 12.5. The number of nitrogens with zero attached hydrogens (tertiary/aromatic N) is 3. The van der Waals surface area contributed by atoms with E-state index >= 15 is 0 Å². The van der Waals surface area contributed by atoms with Gasteiger partial charge in [-0.1, -0.05) is 12.1 Å². The van der Waals surface area contributed by atoms with Gasteiger partial charge in [-0.05, 0) is 31.4 Å². The Labute approximate surface area is 152 Å². The fraction of sp³-hybridized carbons (Fsp3) is 0.471. The van der Waals surface area contributed by atoms with Gasteiger partial charge in [0.1, 0.15) is 10.9 Å². The topological polar surface area (TPSA) is 96.3 Å². The predicted molar refractivity (Wildman–Crippen MR) is 94.2 cm³/mol. The number of esters is 1. The number of likely N-dealkylation sites (tertiary alicyclic amines) is 1. The molecule has 0 bridgehead atoms. The van der Waals surface area contributed by atoms with Crippen LogP contribution in [0.25, 0.3) is 0 Å². The van der Waals surface area contributed by atoms with Gasteiger partial charge in [-0.25, -0.2) is 4.79 Å². The SMILES string of the molecule is CN(C)C(=O)COC(=O)[C@H]1CCCCN1C1=NS(=O)(=O)c2ccccc21. The van der Waals surface area contributed by atoms with Crippen LogP contribution in [0.15, 0.2) is 33.6 Å². The number of piperidine rings is 1. The second-order valence-corrected chi connectivity index (χ2v) is 8.06. The molecule has 0 aliphatic carbocycles. The molecule has 0 N–H and O–H groups in total. The lowest BCUT2D eigenvalue weighted by Crippen LogP contribution is -2.49. The Balaban J connectivity index is 1.84. The molecule has 1 aromatic carbocycles. The molecular formula is C17H21N3O5S. The third-order valence-corrected chi connectivity index (χ3v) is 5.82. The first-order valence-electron chi connectivity index (χ1n) is 8.39. The Morgan fingerprint density at radius 1 is 1.27 bits per heavy atom. The van der Waals surface area contributed by atoms with E-state index in [1.807, 2.05) is 0 Å². The summed E-state index contributed by atoms with van der Waals surface area (Å²) < 4.78 is 33.6. The molecule has 1 atom stereocenters. The molecule has 0 aromatic heterocycles. The smallest absolute Gasteiger partial charge is 0.329 e. The van der Waals surface area contributed by atoms with Crippen LogP contribution in [0.3, 0.4) is 0 Å². The summed E-state index contributed by atoms with van der Waals surface area (Å²) in [5, 5.41) is 0. The van der Waals surface area contributed by atoms with Gasteiger partial charge < -0.3 is 14.5 Å². The van der Waals surface area contributed by atoms with Crippen molar-refractivity contribution in [3.05, 3.63) is 29.8 Å². The van der Waals surface area contributed by atoms with Gasteiger partial charge in [0.05, 0.1) is 0 Å². The van der Waals surface area contributed by atoms with Gasteiger partial charge in [0.2, 0.25) is 0 Å². The summed E-state index contributed by atoms with van der Waals surface area (Å²) in [6, 6.07) is 5.92. The Kier molecular flexibility index (Phi) is 4.99. The van der Waals surface area contributed by atoms with Crippen molar-refractivity contribution >= 4 is 27.7 Å². The molecule has 9 heteroatoms. The second kappa shape index (κ2) is 7.06. The van der Waals surface area contributed by atoms with Crippen molar-refractivity contribution in [1.29, 1.82) is 0 Å². The Morgan fingerprint density at radius 3 is 2.73 bits per heavy atom. The number of carbonyl (C=O) groups is 2. The highest BCUT2D eigenvalue weighted by Crippen LogP contribution is 2.30. The number of sulfonamides is 1. The largest absolute Gasteiger partial charge is 0.454 e. The van der Waals surface area contributed by atoms with Crippen molar-refractivity contribution in [2.75, 3.05) is 27.2 Å². The monoisotopic (exact) mass is 379 g/mol. The van der Waals surface area contributed by atoms with Crippen LogP contribution < -0.4 is 0 Å². The van der Waals surface area contributed by atoms with Gasteiger partial charge in [0.25, 0.3) is 15.9 Å². The lowest BCUT2D eigenvalue weighted by molar-refractivity contribution is -0.155. The molecule has 26 heavy (non-hydrogen) atoms. The quantitative estimate of drug-likeness (QED) is 0.715. The van der Waals surface area contributed by atoms with Gasteiger partial charge in [0.15, 0.2) is 12.4 Å². The first kappa shape index (κ1) is 18.4. The number of hydrogen-bond acceptors (Lipinski definition) is 6. The molecule has 0 radical (unpaired) electrons. The zero-order valence-electron chi connectivity index (χ0n) is 14.7. The van der Waals surface area contributed by atoms with E-state index in [1.165, 1.54) is 11.0 Å². The summed E-state index contributed by atoms with van der Waals surface area (Å²) in [6.45, 7) is 0.168. The zero-order valence-corrected chi connectivity index (χ0v) is 15.5. The van der Waals surface area contributed by atoms with E-state index in [0.29, 0.717) is 18.5 Å². The van der Waals surface area contributed by atoms with Crippen LogP contribution in [0.1, 0.15) is 24.8 Å². The van der Waals surface area contributed by atoms with E-state index in [0.717, 1.165) is 12.8 Å². The third kappa shape index (κ3) is 3.44. The average molecular weight is 379 g/mol. The molecule has 1 amide bonds. The van der Waals surface area contributed by atoms with Crippen molar-refractivity contribution in [2.24, 2.45) is 4.40 Å². The first-order valence-corrected chi connectivity index (χ1v) is 9.83. The third-order valence-electron chi connectivity index (χ3n) is 4.50. The molecule has 2 aliphatic rings. The number of ether oxygens (including phenoxy) is 1. The molecule has 8 nitrogen and oxygen atoms in total. The van der Waals surface area contributed by atoms with Crippen molar-refractivity contribution in [3.8, 4) is 0 Å². The fourth-order valence-electron chi connectivity index (χ4n) is 3.08. The highest BCUT2D eigenvalue weighted by Gasteiger charge is 2.38. The van der Waals surface area contributed by atoms with E-state index in [1.54, 1.807) is 37.2 Å². The van der Waals surface area contributed by atoms with Gasteiger partial charge >= 0.3 is 5.97 Å². The number of fused-ring (bicyclic) bond motifs is 1. The number of amides is 1. The summed E-state index contributed by atoms with van der Waals surface area (Å²) in [5.41, 5.74) is 0.497. The van der Waals surface area contributed by atoms with E-state index in [-0.39, 0.29) is 23.2 Å². The fourth-order valence-corrected chi connectivity index (χ4v) is 4.30. The summed E-state index contributed by atoms with van der Waals surface area (Å²) in [7, 11) is -0.594. The molecular weight excluding hydrogens is 358 g/mol. The minimum Gasteiger partial charge on any atom is -0.454 e. The minimum atomic E-state index is -3.76. The van der Waals surface area contributed by atoms with Crippen LogP contribution in [0.5, 0.6) is 0 Å². The number of amidine groups is 1. The zero-order chi connectivity index (χ0) is 18.9. The van der Waals surface area contributed by atoms with Gasteiger partial charge in [-0.3, -0.25) is 4.79 Å². The Bertz CT molecular complexity index is 863. The molecule has 2 heterocycles. The number of benzene rings is 1. The number of likely N-dealkylation sites (N-methyl/N-ethyl adjacent to an activating group) is 1. The Hall–Kier alpha value is -2.42. The summed E-state index contributed by atoms with van der Waals surface area (Å²) in [6.07, 6.45) is 2.16. The highest BCUT2D eigenvalue weighted by molar-refractivity contribution is 7.90.